The van der Waals surface area contributed by atoms with Gasteiger partial charge in [0.15, 0.2) is 0 Å². The van der Waals surface area contributed by atoms with E-state index in [0.717, 1.165) is 26.2 Å². The molecule has 2 rings (SSSR count). The number of rotatable bonds is 2. The molecule has 1 amide bonds. The Morgan fingerprint density at radius 1 is 1.56 bits per heavy atom. The van der Waals surface area contributed by atoms with Crippen LogP contribution < -0.4 is 5.32 Å². The minimum Gasteiger partial charge on any atom is -0.375 e. The van der Waals surface area contributed by atoms with Gasteiger partial charge in [0.2, 0.25) is 5.91 Å². The van der Waals surface area contributed by atoms with Gasteiger partial charge in [-0.15, -0.1) is 0 Å². The van der Waals surface area contributed by atoms with Gasteiger partial charge in [0.25, 0.3) is 0 Å². The molecular weight excluding hydrogens is 204 g/mol. The average molecular weight is 226 g/mol. The number of nitrogens with one attached hydrogen (secondary N) is 1. The Morgan fingerprint density at radius 2 is 2.44 bits per heavy atom. The van der Waals surface area contributed by atoms with Crippen molar-refractivity contribution in [2.75, 3.05) is 32.8 Å². The van der Waals surface area contributed by atoms with Crippen LogP contribution in [0.15, 0.2) is 0 Å². The summed E-state index contributed by atoms with van der Waals surface area (Å²) in [5.41, 5.74) is 0. The number of nitrogens with zero attached hydrogens (tertiary/aromatic N) is 1. The zero-order valence-corrected chi connectivity index (χ0v) is 10.1. The summed E-state index contributed by atoms with van der Waals surface area (Å²) in [7, 11) is 0. The van der Waals surface area contributed by atoms with Crippen LogP contribution in [0.4, 0.5) is 0 Å². The van der Waals surface area contributed by atoms with E-state index in [1.54, 1.807) is 0 Å². The van der Waals surface area contributed by atoms with Crippen LogP contribution in [0.2, 0.25) is 0 Å². The minimum atomic E-state index is 0.196. The van der Waals surface area contributed by atoms with Gasteiger partial charge in [0, 0.05) is 19.5 Å². The summed E-state index contributed by atoms with van der Waals surface area (Å²) in [6.45, 7) is 6.37. The Labute approximate surface area is 97.3 Å². The van der Waals surface area contributed by atoms with Crippen molar-refractivity contribution in [1.82, 2.24) is 10.2 Å². The van der Waals surface area contributed by atoms with Crippen molar-refractivity contribution in [3.63, 3.8) is 0 Å². The van der Waals surface area contributed by atoms with E-state index < -0.39 is 0 Å². The second kappa shape index (κ2) is 5.64. The molecule has 2 saturated heterocycles. The highest BCUT2D eigenvalue weighted by atomic mass is 16.5. The highest BCUT2D eigenvalue weighted by molar-refractivity contribution is 5.76. The van der Waals surface area contributed by atoms with E-state index >= 15 is 0 Å². The number of hydrogen-bond acceptors (Lipinski definition) is 3. The van der Waals surface area contributed by atoms with Crippen molar-refractivity contribution in [3.8, 4) is 0 Å². The summed E-state index contributed by atoms with van der Waals surface area (Å²) < 4.78 is 5.44. The van der Waals surface area contributed by atoms with Crippen LogP contribution in [-0.2, 0) is 9.53 Å². The third-order valence-electron chi connectivity index (χ3n) is 3.46. The van der Waals surface area contributed by atoms with E-state index in [2.05, 4.69) is 5.32 Å². The first-order chi connectivity index (χ1) is 7.75. The van der Waals surface area contributed by atoms with Crippen LogP contribution >= 0.6 is 0 Å². The van der Waals surface area contributed by atoms with Gasteiger partial charge in [-0.25, -0.2) is 0 Å². The van der Waals surface area contributed by atoms with E-state index in [1.807, 2.05) is 11.8 Å². The molecule has 4 nitrogen and oxygen atoms in total. The van der Waals surface area contributed by atoms with Gasteiger partial charge >= 0.3 is 0 Å². The second-order valence-corrected chi connectivity index (χ2v) is 4.94. The van der Waals surface area contributed by atoms with Crippen LogP contribution in [0.25, 0.3) is 0 Å². The molecule has 0 radical (unpaired) electrons. The molecule has 2 unspecified atom stereocenters. The van der Waals surface area contributed by atoms with Crippen LogP contribution in [0, 0.1) is 5.92 Å². The van der Waals surface area contributed by atoms with Gasteiger partial charge in [0.05, 0.1) is 12.7 Å². The van der Waals surface area contributed by atoms with Crippen LogP contribution in [0.5, 0.6) is 0 Å². The minimum absolute atomic E-state index is 0.196. The number of carbonyl (C=O) groups is 1. The Morgan fingerprint density at radius 3 is 3.12 bits per heavy atom. The molecule has 0 aromatic heterocycles. The normalized spacial score (nSPS) is 31.4. The lowest BCUT2D eigenvalue weighted by Gasteiger charge is -2.33. The molecule has 2 atom stereocenters. The maximum Gasteiger partial charge on any atom is 0.223 e. The molecule has 0 aromatic carbocycles. The van der Waals surface area contributed by atoms with Gasteiger partial charge < -0.3 is 15.0 Å². The molecule has 0 bridgehead atoms. The molecule has 2 fully saturated rings. The predicted octanol–water partition coefficient (Wildman–Crippen LogP) is 0.623. The quantitative estimate of drug-likeness (QED) is 0.750. The van der Waals surface area contributed by atoms with Crippen molar-refractivity contribution in [1.29, 1.82) is 0 Å². The molecule has 2 aliphatic heterocycles. The first-order valence-electron chi connectivity index (χ1n) is 6.36. The van der Waals surface area contributed by atoms with Gasteiger partial charge in [-0.3, -0.25) is 4.79 Å². The summed E-state index contributed by atoms with van der Waals surface area (Å²) in [6, 6.07) is 0. The Kier molecular flexibility index (Phi) is 4.18. The van der Waals surface area contributed by atoms with Crippen molar-refractivity contribution in [2.45, 2.75) is 32.3 Å². The highest BCUT2D eigenvalue weighted by Crippen LogP contribution is 2.16. The second-order valence-electron chi connectivity index (χ2n) is 4.94. The SMILES string of the molecule is CC1CN(C(=O)CC2CCCNC2)CCO1. The first kappa shape index (κ1) is 11.9. The molecule has 0 aliphatic carbocycles. The largest absolute Gasteiger partial charge is 0.375 e. The molecule has 0 spiro atoms. The molecule has 0 aromatic rings. The monoisotopic (exact) mass is 226 g/mol. The fourth-order valence-electron chi connectivity index (χ4n) is 2.52. The van der Waals surface area contributed by atoms with Gasteiger partial charge in [-0.1, -0.05) is 0 Å². The predicted molar refractivity (Wildman–Crippen MR) is 62.2 cm³/mol. The zero-order valence-electron chi connectivity index (χ0n) is 10.1. The molecule has 16 heavy (non-hydrogen) atoms. The summed E-state index contributed by atoms with van der Waals surface area (Å²) >= 11 is 0. The zero-order chi connectivity index (χ0) is 11.4. The van der Waals surface area contributed by atoms with Crippen LogP contribution in [-0.4, -0.2) is 49.7 Å². The number of morpholine rings is 1. The molecule has 2 heterocycles. The number of carbonyl (C=O) groups excluding carboxylic acids is 1. The molecule has 92 valence electrons. The fourth-order valence-corrected chi connectivity index (χ4v) is 2.52. The Hall–Kier alpha value is -0.610. The molecule has 4 heteroatoms. The van der Waals surface area contributed by atoms with Crippen molar-refractivity contribution >= 4 is 5.91 Å². The van der Waals surface area contributed by atoms with Gasteiger partial charge in [-0.05, 0) is 38.8 Å². The van der Waals surface area contributed by atoms with Crippen molar-refractivity contribution < 1.29 is 9.53 Å². The topological polar surface area (TPSA) is 41.6 Å². The maximum atomic E-state index is 12.1. The molecule has 2 aliphatic rings. The van der Waals surface area contributed by atoms with E-state index in [-0.39, 0.29) is 6.10 Å². The summed E-state index contributed by atoms with van der Waals surface area (Å²) in [6.07, 6.45) is 3.30. The number of amides is 1. The fraction of sp³-hybridized carbons (Fsp3) is 0.917. The summed E-state index contributed by atoms with van der Waals surface area (Å²) in [5.74, 6) is 0.850. The third-order valence-corrected chi connectivity index (χ3v) is 3.46. The Balaban J connectivity index is 1.77. The van der Waals surface area contributed by atoms with E-state index in [1.165, 1.54) is 12.8 Å². The van der Waals surface area contributed by atoms with E-state index in [9.17, 15) is 4.79 Å². The van der Waals surface area contributed by atoms with Crippen LogP contribution in [0.1, 0.15) is 26.2 Å². The van der Waals surface area contributed by atoms with Crippen molar-refractivity contribution in [2.24, 2.45) is 5.92 Å². The third kappa shape index (κ3) is 3.19. The van der Waals surface area contributed by atoms with E-state index in [0.29, 0.717) is 24.9 Å². The maximum absolute atomic E-state index is 12.1. The summed E-state index contributed by atoms with van der Waals surface area (Å²) in [5, 5.41) is 3.36. The molecular formula is C12H22N2O2. The first-order valence-corrected chi connectivity index (χ1v) is 6.36. The highest BCUT2D eigenvalue weighted by Gasteiger charge is 2.24. The smallest absolute Gasteiger partial charge is 0.223 e. The van der Waals surface area contributed by atoms with Gasteiger partial charge in [0.1, 0.15) is 0 Å². The lowest BCUT2D eigenvalue weighted by Crippen LogP contribution is -2.45. The van der Waals surface area contributed by atoms with Crippen molar-refractivity contribution in [3.05, 3.63) is 0 Å². The molecule has 0 saturated carbocycles. The standard InChI is InChI=1S/C12H22N2O2/c1-10-9-14(5-6-16-10)12(15)7-11-3-2-4-13-8-11/h10-11,13H,2-9H2,1H3. The lowest BCUT2D eigenvalue weighted by molar-refractivity contribution is -0.139. The van der Waals surface area contributed by atoms with E-state index in [4.69, 9.17) is 4.74 Å². The number of hydrogen-bond donors (Lipinski definition) is 1. The average Bonchev–Trinajstić information content (AvgIpc) is 2.30. The van der Waals surface area contributed by atoms with Crippen LogP contribution in [0.3, 0.4) is 0 Å². The summed E-state index contributed by atoms with van der Waals surface area (Å²) in [4.78, 5) is 14.0. The molecule has 1 N–H and O–H groups in total. The number of ether oxygens (including phenoxy) is 1. The number of piperidine rings is 1. The van der Waals surface area contributed by atoms with Gasteiger partial charge in [-0.2, -0.15) is 0 Å². The Bertz CT molecular complexity index is 239. The lowest BCUT2D eigenvalue weighted by atomic mass is 9.95.